The summed E-state index contributed by atoms with van der Waals surface area (Å²) < 4.78 is 20.6. The molecule has 0 bridgehead atoms. The van der Waals surface area contributed by atoms with Crippen molar-refractivity contribution in [2.45, 2.75) is 13.5 Å². The van der Waals surface area contributed by atoms with Crippen LogP contribution < -0.4 is 4.90 Å². The highest BCUT2D eigenvalue weighted by molar-refractivity contribution is 6.30. The predicted octanol–water partition coefficient (Wildman–Crippen LogP) is 3.74. The number of aromatic nitrogens is 3. The van der Waals surface area contributed by atoms with E-state index in [4.69, 9.17) is 16.3 Å². The van der Waals surface area contributed by atoms with Crippen LogP contribution in [0.4, 0.5) is 10.1 Å². The number of ether oxygens (including phenoxy) is 1. The van der Waals surface area contributed by atoms with E-state index < -0.39 is 11.8 Å². The van der Waals surface area contributed by atoms with Crippen molar-refractivity contribution in [3.63, 3.8) is 0 Å². The highest BCUT2D eigenvalue weighted by Crippen LogP contribution is 2.37. The Morgan fingerprint density at radius 3 is 2.71 bits per heavy atom. The Morgan fingerprint density at radius 1 is 1.23 bits per heavy atom. The van der Waals surface area contributed by atoms with Crippen LogP contribution >= 0.6 is 11.6 Å². The van der Waals surface area contributed by atoms with E-state index in [1.807, 2.05) is 0 Å². The number of carbonyl (C=O) groups is 1. The number of esters is 1. The van der Waals surface area contributed by atoms with Crippen LogP contribution in [0, 0.1) is 5.82 Å². The highest BCUT2D eigenvalue weighted by atomic mass is 35.5. The molecular weight excluding hydrogens is 423 g/mol. The number of hydrogen-bond donors (Lipinski definition) is 0. The molecule has 0 radical (unpaired) electrons. The maximum atomic E-state index is 13.9. The lowest BCUT2D eigenvalue weighted by atomic mass is 9.94. The molecule has 0 saturated heterocycles. The number of hydrogen-bond acceptors (Lipinski definition) is 6. The topological polar surface area (TPSA) is 77.3 Å². The number of fused-ring (bicyclic) bond motifs is 1. The van der Waals surface area contributed by atoms with E-state index in [2.05, 4.69) is 10.3 Å². The van der Waals surface area contributed by atoms with Crippen LogP contribution in [0.2, 0.25) is 5.02 Å². The van der Waals surface area contributed by atoms with Gasteiger partial charge in [0.1, 0.15) is 17.5 Å². The third kappa shape index (κ3) is 4.12. The molecule has 3 aromatic rings. The van der Waals surface area contributed by atoms with Crippen molar-refractivity contribution in [2.24, 2.45) is 0 Å². The lowest BCUT2D eigenvalue weighted by molar-refractivity contribution is -0.138. The predicted molar refractivity (Wildman–Crippen MR) is 113 cm³/mol. The Balaban J connectivity index is 1.71. The van der Waals surface area contributed by atoms with Gasteiger partial charge in [-0.3, -0.25) is 0 Å². The molecule has 2 aromatic carbocycles. The average molecular weight is 439 g/mol. The number of halogens is 2. The largest absolute Gasteiger partial charge is 0.462 e. The first-order valence-electron chi connectivity index (χ1n) is 9.38. The van der Waals surface area contributed by atoms with Gasteiger partial charge in [-0.15, -0.1) is 5.10 Å². The molecule has 0 atom stereocenters. The molecule has 9 heteroatoms. The van der Waals surface area contributed by atoms with Crippen LogP contribution in [0.3, 0.4) is 0 Å². The van der Waals surface area contributed by atoms with Gasteiger partial charge in [-0.1, -0.05) is 16.8 Å². The number of anilines is 1. The van der Waals surface area contributed by atoms with Gasteiger partial charge in [0.2, 0.25) is 0 Å². The smallest absolute Gasteiger partial charge is 0.341 e. The molecule has 0 spiro atoms. The maximum absolute atomic E-state index is 13.9. The van der Waals surface area contributed by atoms with Crippen LogP contribution in [-0.4, -0.2) is 33.5 Å². The van der Waals surface area contributed by atoms with Crippen LogP contribution in [0.15, 0.2) is 60.4 Å². The van der Waals surface area contributed by atoms with E-state index in [0.29, 0.717) is 16.4 Å². The van der Waals surface area contributed by atoms with Crippen molar-refractivity contribution in [1.82, 2.24) is 15.0 Å². The fourth-order valence-corrected chi connectivity index (χ4v) is 3.39. The minimum atomic E-state index is -0.689. The summed E-state index contributed by atoms with van der Waals surface area (Å²) in [6, 6.07) is 11.1. The summed E-state index contributed by atoms with van der Waals surface area (Å²) in [5.41, 5.74) is 2.11. The number of benzene rings is 2. The van der Waals surface area contributed by atoms with Crippen LogP contribution in [0.5, 0.6) is 0 Å². The first kappa shape index (κ1) is 20.5. The molecule has 1 aromatic heterocycles. The summed E-state index contributed by atoms with van der Waals surface area (Å²) in [6.45, 7) is 2.01. The van der Waals surface area contributed by atoms with Gasteiger partial charge in [0.05, 0.1) is 36.2 Å². The zero-order valence-corrected chi connectivity index (χ0v) is 17.1. The van der Waals surface area contributed by atoms with E-state index in [-0.39, 0.29) is 29.9 Å². The molecule has 2 heterocycles. The summed E-state index contributed by atoms with van der Waals surface area (Å²) >= 11 is 5.93. The summed E-state index contributed by atoms with van der Waals surface area (Å²) in [4.78, 5) is 25.7. The molecule has 1 aliphatic heterocycles. The standard InChI is InChI=1S/C22H16ClFN4O3/c1-2-31-22(30)19-12-27(21-8-5-15(24)9-18(21)20(19)13-29)10-16-11-28(26-25-16)17-6-3-14(23)4-7-17/h3-9,11-12H,2,10H2,1H3. The number of nitrogens with zero attached hydrogens (tertiary/aromatic N) is 4. The van der Waals surface area contributed by atoms with Crippen molar-refractivity contribution < 1.29 is 18.7 Å². The van der Waals surface area contributed by atoms with E-state index >= 15 is 0 Å². The van der Waals surface area contributed by atoms with E-state index in [1.165, 1.54) is 24.4 Å². The number of rotatable bonds is 5. The van der Waals surface area contributed by atoms with E-state index in [1.54, 1.807) is 52.9 Å². The van der Waals surface area contributed by atoms with Crippen LogP contribution in [0.25, 0.3) is 11.3 Å². The van der Waals surface area contributed by atoms with Gasteiger partial charge < -0.3 is 9.64 Å². The van der Waals surface area contributed by atoms with Crippen molar-refractivity contribution in [3.8, 4) is 5.69 Å². The highest BCUT2D eigenvalue weighted by Gasteiger charge is 2.29. The van der Waals surface area contributed by atoms with Crippen molar-refractivity contribution in [3.05, 3.63) is 82.5 Å². The van der Waals surface area contributed by atoms with Gasteiger partial charge >= 0.3 is 5.97 Å². The molecule has 31 heavy (non-hydrogen) atoms. The Hall–Kier alpha value is -3.74. The molecular formula is C22H16ClFN4O3. The minimum Gasteiger partial charge on any atom is -0.462 e. The normalized spacial score (nSPS) is 12.8. The molecule has 0 amide bonds. The first-order valence-corrected chi connectivity index (χ1v) is 9.76. The summed E-state index contributed by atoms with van der Waals surface area (Å²) in [6.07, 6.45) is 3.22. The van der Waals surface area contributed by atoms with Crippen molar-refractivity contribution >= 4 is 34.8 Å². The third-order valence-electron chi connectivity index (χ3n) is 4.65. The van der Waals surface area contributed by atoms with Gasteiger partial charge in [-0.25, -0.2) is 18.7 Å². The Kier molecular flexibility index (Phi) is 5.66. The Morgan fingerprint density at radius 2 is 2.00 bits per heavy atom. The van der Waals surface area contributed by atoms with Crippen molar-refractivity contribution in [1.29, 1.82) is 0 Å². The summed E-state index contributed by atoms with van der Waals surface area (Å²) in [7, 11) is 0. The first-order chi connectivity index (χ1) is 15.0. The lowest BCUT2D eigenvalue weighted by Crippen LogP contribution is -2.25. The third-order valence-corrected chi connectivity index (χ3v) is 4.91. The second kappa shape index (κ2) is 8.55. The van der Waals surface area contributed by atoms with E-state index in [9.17, 15) is 14.0 Å². The molecule has 0 N–H and O–H groups in total. The molecule has 156 valence electrons. The fraction of sp³-hybridized carbons (Fsp3) is 0.136. The second-order valence-corrected chi connectivity index (χ2v) is 7.10. The van der Waals surface area contributed by atoms with Crippen molar-refractivity contribution in [2.75, 3.05) is 11.5 Å². The molecule has 0 aliphatic carbocycles. The van der Waals surface area contributed by atoms with Crippen LogP contribution in [-0.2, 0) is 20.9 Å². The zero-order chi connectivity index (χ0) is 22.0. The van der Waals surface area contributed by atoms with E-state index in [0.717, 1.165) is 5.69 Å². The molecule has 7 nitrogen and oxygen atoms in total. The molecule has 1 aliphatic rings. The summed E-state index contributed by atoms with van der Waals surface area (Å²) in [5.74, 6) is 0.527. The van der Waals surface area contributed by atoms with Gasteiger partial charge in [0.25, 0.3) is 0 Å². The monoisotopic (exact) mass is 438 g/mol. The number of carbonyl (C=O) groups excluding carboxylic acids is 2. The zero-order valence-electron chi connectivity index (χ0n) is 16.4. The maximum Gasteiger partial charge on any atom is 0.341 e. The molecule has 0 fully saturated rings. The fourth-order valence-electron chi connectivity index (χ4n) is 3.26. The molecule has 0 unspecified atom stereocenters. The van der Waals surface area contributed by atoms with Gasteiger partial charge in [-0.2, -0.15) is 0 Å². The Labute approximate surface area is 182 Å². The minimum absolute atomic E-state index is 0.0000399. The average Bonchev–Trinajstić information content (AvgIpc) is 3.22. The van der Waals surface area contributed by atoms with Gasteiger partial charge in [0.15, 0.2) is 0 Å². The summed E-state index contributed by atoms with van der Waals surface area (Å²) in [5, 5.41) is 8.91. The Bertz CT molecular complexity index is 1230. The van der Waals surface area contributed by atoms with Crippen LogP contribution in [0.1, 0.15) is 18.2 Å². The lowest BCUT2D eigenvalue weighted by Gasteiger charge is -2.28. The SMILES string of the molecule is CCOC(=O)C1=CN(Cc2cn(-c3ccc(Cl)cc3)nn2)c2ccc(F)cc2C1=C=O. The van der Waals surface area contributed by atoms with Gasteiger partial charge in [-0.05, 0) is 49.4 Å². The van der Waals surface area contributed by atoms with Gasteiger partial charge in [0, 0.05) is 22.5 Å². The molecule has 0 saturated carbocycles. The quantitative estimate of drug-likeness (QED) is 0.446. The second-order valence-electron chi connectivity index (χ2n) is 6.66. The molecule has 4 rings (SSSR count).